The van der Waals surface area contributed by atoms with Crippen molar-refractivity contribution in [1.29, 1.82) is 0 Å². The molecule has 0 aliphatic rings. The van der Waals surface area contributed by atoms with E-state index in [1.165, 1.54) is 0 Å². The minimum Gasteiger partial charge on any atom is -0.312 e. The third-order valence-corrected chi connectivity index (χ3v) is 1.61. The van der Waals surface area contributed by atoms with Crippen LogP contribution in [-0.2, 0) is 4.79 Å². The monoisotopic (exact) mass is 177 g/mol. The van der Waals surface area contributed by atoms with Crippen LogP contribution in [0.5, 0.6) is 0 Å². The first-order valence-corrected chi connectivity index (χ1v) is 3.90. The molecule has 0 aliphatic heterocycles. The van der Waals surface area contributed by atoms with E-state index in [2.05, 4.69) is 27.4 Å². The fourth-order valence-electron chi connectivity index (χ4n) is 0.993. The predicted molar refractivity (Wildman–Crippen MR) is 50.1 cm³/mol. The van der Waals surface area contributed by atoms with Gasteiger partial charge in [-0.15, -0.1) is 0 Å². The molecule has 1 amide bonds. The Hall–Kier alpha value is -1.76. The Morgan fingerprint density at radius 2 is 2.23 bits per heavy atom. The highest BCUT2D eigenvalue weighted by Crippen LogP contribution is 2.15. The number of H-pyrrole nitrogens is 1. The highest BCUT2D eigenvalue weighted by molar-refractivity contribution is 6.04. The van der Waals surface area contributed by atoms with Gasteiger partial charge >= 0.3 is 0 Å². The minimum absolute atomic E-state index is 0.310. The van der Waals surface area contributed by atoms with Gasteiger partial charge in [-0.05, 0) is 26.7 Å². The second kappa shape index (κ2) is 3.76. The van der Waals surface area contributed by atoms with E-state index in [1.807, 2.05) is 13.8 Å². The van der Waals surface area contributed by atoms with Gasteiger partial charge in [-0.25, -0.2) is 0 Å². The van der Waals surface area contributed by atoms with Crippen LogP contribution in [0.2, 0.25) is 0 Å². The van der Waals surface area contributed by atoms with Gasteiger partial charge in [0, 0.05) is 0 Å². The van der Waals surface area contributed by atoms with E-state index in [0.29, 0.717) is 5.69 Å². The van der Waals surface area contributed by atoms with Crippen molar-refractivity contribution in [2.75, 3.05) is 5.32 Å². The standard InChI is InChI=1S/C9H11N3O/c1-4-5-8(13)10-9-6(2)11-12-7(9)3/h1-3H3,(H,10,13)(H,11,12). The normalized spacial score (nSPS) is 8.85. The lowest BCUT2D eigenvalue weighted by atomic mass is 10.3. The van der Waals surface area contributed by atoms with Crippen molar-refractivity contribution >= 4 is 11.6 Å². The molecule has 2 N–H and O–H groups in total. The van der Waals surface area contributed by atoms with Gasteiger partial charge < -0.3 is 5.32 Å². The van der Waals surface area contributed by atoms with Crippen LogP contribution in [0.3, 0.4) is 0 Å². The minimum atomic E-state index is -0.310. The first-order chi connectivity index (χ1) is 6.15. The van der Waals surface area contributed by atoms with E-state index >= 15 is 0 Å². The molecule has 0 aliphatic carbocycles. The SMILES string of the molecule is CC#CC(=O)Nc1c(C)n[nH]c1C. The van der Waals surface area contributed by atoms with Crippen LogP contribution in [0.1, 0.15) is 18.3 Å². The van der Waals surface area contributed by atoms with Crippen molar-refractivity contribution in [1.82, 2.24) is 10.2 Å². The Labute approximate surface area is 76.7 Å². The lowest BCUT2D eigenvalue weighted by molar-refractivity contribution is -0.111. The summed E-state index contributed by atoms with van der Waals surface area (Å²) in [5, 5.41) is 9.37. The van der Waals surface area contributed by atoms with Gasteiger partial charge in [0.2, 0.25) is 0 Å². The molecule has 68 valence electrons. The average Bonchev–Trinajstić information content (AvgIpc) is 2.36. The molecule has 1 aromatic heterocycles. The summed E-state index contributed by atoms with van der Waals surface area (Å²) >= 11 is 0. The topological polar surface area (TPSA) is 57.8 Å². The van der Waals surface area contributed by atoms with E-state index in [0.717, 1.165) is 11.4 Å². The van der Waals surface area contributed by atoms with Crippen LogP contribution in [0.25, 0.3) is 0 Å². The summed E-state index contributed by atoms with van der Waals surface area (Å²) in [6.07, 6.45) is 0. The molecule has 0 spiro atoms. The molecular weight excluding hydrogens is 166 g/mol. The maximum Gasteiger partial charge on any atom is 0.300 e. The molecule has 0 radical (unpaired) electrons. The fourth-order valence-corrected chi connectivity index (χ4v) is 0.993. The van der Waals surface area contributed by atoms with E-state index in [9.17, 15) is 4.79 Å². The Morgan fingerprint density at radius 1 is 1.54 bits per heavy atom. The number of rotatable bonds is 1. The number of carbonyl (C=O) groups is 1. The fraction of sp³-hybridized carbons (Fsp3) is 0.333. The largest absolute Gasteiger partial charge is 0.312 e. The molecule has 4 nitrogen and oxygen atoms in total. The summed E-state index contributed by atoms with van der Waals surface area (Å²) in [6.45, 7) is 5.28. The van der Waals surface area contributed by atoms with Crippen molar-refractivity contribution < 1.29 is 4.79 Å². The molecule has 0 unspecified atom stereocenters. The molecule has 1 aromatic rings. The lowest BCUT2D eigenvalue weighted by Crippen LogP contribution is -2.09. The molecule has 13 heavy (non-hydrogen) atoms. The van der Waals surface area contributed by atoms with Gasteiger partial charge in [0.05, 0.1) is 17.1 Å². The Morgan fingerprint density at radius 3 is 2.69 bits per heavy atom. The van der Waals surface area contributed by atoms with E-state index in [4.69, 9.17) is 0 Å². The number of hydrogen-bond acceptors (Lipinski definition) is 2. The van der Waals surface area contributed by atoms with Crippen LogP contribution < -0.4 is 5.32 Å². The van der Waals surface area contributed by atoms with Gasteiger partial charge in [-0.1, -0.05) is 5.92 Å². The molecule has 1 heterocycles. The molecule has 4 heteroatoms. The van der Waals surface area contributed by atoms with E-state index < -0.39 is 0 Å². The van der Waals surface area contributed by atoms with E-state index in [1.54, 1.807) is 6.92 Å². The number of aromatic amines is 1. The van der Waals surface area contributed by atoms with Crippen molar-refractivity contribution in [2.24, 2.45) is 0 Å². The molecule has 0 saturated carbocycles. The maximum atomic E-state index is 11.1. The summed E-state index contributed by atoms with van der Waals surface area (Å²) < 4.78 is 0. The number of hydrogen-bond donors (Lipinski definition) is 2. The molecule has 1 rings (SSSR count). The smallest absolute Gasteiger partial charge is 0.300 e. The molecule has 0 atom stereocenters. The average molecular weight is 177 g/mol. The van der Waals surface area contributed by atoms with Crippen molar-refractivity contribution in [3.05, 3.63) is 11.4 Å². The highest BCUT2D eigenvalue weighted by Gasteiger charge is 2.07. The van der Waals surface area contributed by atoms with Gasteiger partial charge in [-0.2, -0.15) is 5.10 Å². The maximum absolute atomic E-state index is 11.1. The number of aromatic nitrogens is 2. The first-order valence-electron chi connectivity index (χ1n) is 3.90. The molecule has 0 fully saturated rings. The first kappa shape index (κ1) is 9.33. The number of nitrogens with one attached hydrogen (secondary N) is 2. The summed E-state index contributed by atoms with van der Waals surface area (Å²) in [7, 11) is 0. The van der Waals surface area contributed by atoms with Gasteiger partial charge in [0.15, 0.2) is 0 Å². The number of carbonyl (C=O) groups excluding carboxylic acids is 1. The summed E-state index contributed by atoms with van der Waals surface area (Å²) in [5.41, 5.74) is 2.32. The number of aryl methyl sites for hydroxylation is 2. The highest BCUT2D eigenvalue weighted by atomic mass is 16.1. The summed E-state index contributed by atoms with van der Waals surface area (Å²) in [6, 6.07) is 0. The number of amides is 1. The lowest BCUT2D eigenvalue weighted by Gasteiger charge is -1.98. The van der Waals surface area contributed by atoms with Crippen molar-refractivity contribution in [2.45, 2.75) is 20.8 Å². The Kier molecular flexibility index (Phi) is 2.70. The molecule has 0 bridgehead atoms. The zero-order valence-corrected chi connectivity index (χ0v) is 7.86. The zero-order chi connectivity index (χ0) is 9.84. The summed E-state index contributed by atoms with van der Waals surface area (Å²) in [4.78, 5) is 11.1. The van der Waals surface area contributed by atoms with Crippen molar-refractivity contribution in [3.8, 4) is 11.8 Å². The van der Waals surface area contributed by atoms with Gasteiger partial charge in [0.1, 0.15) is 0 Å². The second-order valence-electron chi connectivity index (χ2n) is 2.64. The predicted octanol–water partition coefficient (Wildman–Crippen LogP) is 0.988. The van der Waals surface area contributed by atoms with Crippen molar-refractivity contribution in [3.63, 3.8) is 0 Å². The number of anilines is 1. The van der Waals surface area contributed by atoms with Crippen LogP contribution in [0, 0.1) is 25.7 Å². The van der Waals surface area contributed by atoms with E-state index in [-0.39, 0.29) is 5.91 Å². The third-order valence-electron chi connectivity index (χ3n) is 1.61. The Bertz CT molecular complexity index is 362. The van der Waals surface area contributed by atoms with Crippen LogP contribution in [0.4, 0.5) is 5.69 Å². The van der Waals surface area contributed by atoms with Crippen LogP contribution in [0.15, 0.2) is 0 Å². The van der Waals surface area contributed by atoms with Gasteiger partial charge in [0.25, 0.3) is 5.91 Å². The van der Waals surface area contributed by atoms with Crippen LogP contribution >= 0.6 is 0 Å². The molecular formula is C9H11N3O. The second-order valence-corrected chi connectivity index (χ2v) is 2.64. The Balaban J connectivity index is 2.83. The number of nitrogens with zero attached hydrogens (tertiary/aromatic N) is 1. The summed E-state index contributed by atoms with van der Waals surface area (Å²) in [5.74, 6) is 4.61. The molecule has 0 aromatic carbocycles. The molecule has 0 saturated heterocycles. The van der Waals surface area contributed by atoms with Gasteiger partial charge in [-0.3, -0.25) is 9.89 Å². The third kappa shape index (κ3) is 2.09. The quantitative estimate of drug-likeness (QED) is 0.628. The van der Waals surface area contributed by atoms with Crippen LogP contribution in [-0.4, -0.2) is 16.1 Å². The zero-order valence-electron chi connectivity index (χ0n) is 7.86.